The van der Waals surface area contributed by atoms with Crippen molar-refractivity contribution in [3.05, 3.63) is 11.3 Å². The van der Waals surface area contributed by atoms with Crippen LogP contribution in [0.4, 0.5) is 0 Å². The van der Waals surface area contributed by atoms with Crippen molar-refractivity contribution in [3.8, 4) is 0 Å². The van der Waals surface area contributed by atoms with Gasteiger partial charge < -0.3 is 4.90 Å². The molecule has 0 amide bonds. The molecule has 1 aliphatic rings. The first-order valence-corrected chi connectivity index (χ1v) is 3.54. The van der Waals surface area contributed by atoms with Gasteiger partial charge in [0.1, 0.15) is 0 Å². The van der Waals surface area contributed by atoms with Crippen LogP contribution in [0.1, 0.15) is 20.3 Å². The second-order valence-electron chi connectivity index (χ2n) is 2.79. The van der Waals surface area contributed by atoms with Crippen LogP contribution in [0, 0.1) is 0 Å². The van der Waals surface area contributed by atoms with E-state index in [0.29, 0.717) is 0 Å². The van der Waals surface area contributed by atoms with E-state index in [-0.39, 0.29) is 5.78 Å². The number of hydrogen-bond donors (Lipinski definition) is 0. The Labute approximate surface area is 61.5 Å². The first-order valence-electron chi connectivity index (χ1n) is 3.54. The molecule has 0 unspecified atom stereocenters. The molecule has 0 spiro atoms. The molecule has 0 aromatic carbocycles. The first kappa shape index (κ1) is 7.32. The van der Waals surface area contributed by atoms with E-state index in [1.807, 2.05) is 14.0 Å². The van der Waals surface area contributed by atoms with Gasteiger partial charge in [-0.2, -0.15) is 0 Å². The average Bonchev–Trinajstić information content (AvgIpc) is 2.14. The molecule has 1 aliphatic heterocycles. The monoisotopic (exact) mass is 139 g/mol. The Bertz CT molecular complexity index is 193. The van der Waals surface area contributed by atoms with Gasteiger partial charge in [0.15, 0.2) is 5.78 Å². The second-order valence-corrected chi connectivity index (χ2v) is 2.79. The fourth-order valence-electron chi connectivity index (χ4n) is 1.29. The van der Waals surface area contributed by atoms with Gasteiger partial charge in [-0.3, -0.25) is 4.79 Å². The predicted molar refractivity (Wildman–Crippen MR) is 40.6 cm³/mol. The van der Waals surface area contributed by atoms with Crippen molar-refractivity contribution >= 4 is 5.78 Å². The van der Waals surface area contributed by atoms with Crippen LogP contribution >= 0.6 is 0 Å². The third-order valence-electron chi connectivity index (χ3n) is 2.13. The van der Waals surface area contributed by atoms with Crippen LogP contribution in [0.15, 0.2) is 11.3 Å². The minimum absolute atomic E-state index is 0.224. The van der Waals surface area contributed by atoms with E-state index in [1.165, 1.54) is 0 Å². The number of ketones is 1. The number of allylic oxidation sites excluding steroid dienone is 1. The van der Waals surface area contributed by atoms with Crippen molar-refractivity contribution in [2.24, 2.45) is 0 Å². The lowest BCUT2D eigenvalue weighted by molar-refractivity contribution is -0.113. The summed E-state index contributed by atoms with van der Waals surface area (Å²) in [5.41, 5.74) is 2.15. The SMILES string of the molecule is CC(=O)C1=C(C)N(C)CC1. The van der Waals surface area contributed by atoms with Crippen molar-refractivity contribution in [3.63, 3.8) is 0 Å². The van der Waals surface area contributed by atoms with Crippen LogP contribution in [0.25, 0.3) is 0 Å². The van der Waals surface area contributed by atoms with Crippen LogP contribution in [-0.4, -0.2) is 24.3 Å². The molecule has 0 aliphatic carbocycles. The van der Waals surface area contributed by atoms with Crippen molar-refractivity contribution < 1.29 is 4.79 Å². The Morgan fingerprint density at radius 1 is 1.60 bits per heavy atom. The normalized spacial score (nSPS) is 18.5. The molecule has 56 valence electrons. The van der Waals surface area contributed by atoms with Gasteiger partial charge in [0.25, 0.3) is 0 Å². The number of carbonyl (C=O) groups excluding carboxylic acids is 1. The standard InChI is InChI=1S/C8H13NO/c1-6-8(7(2)10)4-5-9(6)3/h4-5H2,1-3H3. The zero-order valence-electron chi connectivity index (χ0n) is 6.77. The quantitative estimate of drug-likeness (QED) is 0.543. The predicted octanol–water partition coefficient (Wildman–Crippen LogP) is 1.18. The molecule has 0 fully saturated rings. The van der Waals surface area contributed by atoms with Crippen LogP contribution in [0.2, 0.25) is 0 Å². The summed E-state index contributed by atoms with van der Waals surface area (Å²) in [5, 5.41) is 0. The van der Waals surface area contributed by atoms with E-state index >= 15 is 0 Å². The Morgan fingerprint density at radius 3 is 2.40 bits per heavy atom. The largest absolute Gasteiger partial charge is 0.377 e. The summed E-state index contributed by atoms with van der Waals surface area (Å²) in [6.45, 7) is 4.64. The van der Waals surface area contributed by atoms with Crippen molar-refractivity contribution in [2.75, 3.05) is 13.6 Å². The zero-order chi connectivity index (χ0) is 7.72. The summed E-state index contributed by atoms with van der Waals surface area (Å²) >= 11 is 0. The Kier molecular flexibility index (Phi) is 1.79. The summed E-state index contributed by atoms with van der Waals surface area (Å²) in [6.07, 6.45) is 0.928. The maximum absolute atomic E-state index is 10.9. The van der Waals surface area contributed by atoms with Crippen molar-refractivity contribution in [2.45, 2.75) is 20.3 Å². The van der Waals surface area contributed by atoms with Crippen LogP contribution in [0.5, 0.6) is 0 Å². The Hall–Kier alpha value is -0.790. The highest BCUT2D eigenvalue weighted by Crippen LogP contribution is 2.20. The van der Waals surface area contributed by atoms with Gasteiger partial charge in [0.2, 0.25) is 0 Å². The maximum atomic E-state index is 10.9. The molecule has 2 nitrogen and oxygen atoms in total. The highest BCUT2D eigenvalue weighted by Gasteiger charge is 2.17. The molecule has 0 radical (unpaired) electrons. The summed E-state index contributed by atoms with van der Waals surface area (Å²) in [4.78, 5) is 13.0. The molecular weight excluding hydrogens is 126 g/mol. The number of Topliss-reactive ketones (excluding diaryl/α,β-unsaturated/α-hetero) is 1. The lowest BCUT2D eigenvalue weighted by atomic mass is 10.1. The third kappa shape index (κ3) is 1.06. The summed E-state index contributed by atoms with van der Waals surface area (Å²) in [6, 6.07) is 0. The van der Waals surface area contributed by atoms with E-state index in [4.69, 9.17) is 0 Å². The third-order valence-corrected chi connectivity index (χ3v) is 2.13. The van der Waals surface area contributed by atoms with E-state index in [9.17, 15) is 4.79 Å². The molecule has 0 saturated heterocycles. The van der Waals surface area contributed by atoms with Crippen molar-refractivity contribution in [1.29, 1.82) is 0 Å². The first-order chi connectivity index (χ1) is 4.63. The van der Waals surface area contributed by atoms with Gasteiger partial charge in [-0.25, -0.2) is 0 Å². The van der Waals surface area contributed by atoms with Gasteiger partial charge >= 0.3 is 0 Å². The molecular formula is C8H13NO. The topological polar surface area (TPSA) is 20.3 Å². The van der Waals surface area contributed by atoms with E-state index < -0.39 is 0 Å². The number of hydrogen-bond acceptors (Lipinski definition) is 2. The maximum Gasteiger partial charge on any atom is 0.157 e. The molecule has 1 heterocycles. The highest BCUT2D eigenvalue weighted by molar-refractivity contribution is 5.94. The summed E-state index contributed by atoms with van der Waals surface area (Å²) < 4.78 is 0. The molecule has 0 aromatic rings. The zero-order valence-corrected chi connectivity index (χ0v) is 6.77. The van der Waals surface area contributed by atoms with Gasteiger partial charge in [-0.05, 0) is 20.3 Å². The lowest BCUT2D eigenvalue weighted by Crippen LogP contribution is -2.10. The molecule has 0 bridgehead atoms. The van der Waals surface area contributed by atoms with Crippen LogP contribution < -0.4 is 0 Å². The molecule has 0 atom stereocenters. The smallest absolute Gasteiger partial charge is 0.157 e. The van der Waals surface area contributed by atoms with Gasteiger partial charge in [-0.15, -0.1) is 0 Å². The molecule has 10 heavy (non-hydrogen) atoms. The lowest BCUT2D eigenvalue weighted by Gasteiger charge is -2.10. The van der Waals surface area contributed by atoms with E-state index in [2.05, 4.69) is 4.90 Å². The van der Waals surface area contributed by atoms with Gasteiger partial charge in [0.05, 0.1) is 0 Å². The summed E-state index contributed by atoms with van der Waals surface area (Å²) in [5.74, 6) is 0.224. The molecule has 0 saturated carbocycles. The Balaban J connectivity index is 2.85. The highest BCUT2D eigenvalue weighted by atomic mass is 16.1. The van der Waals surface area contributed by atoms with E-state index in [0.717, 1.165) is 24.2 Å². The molecule has 0 N–H and O–H groups in total. The Morgan fingerprint density at radius 2 is 2.20 bits per heavy atom. The van der Waals surface area contributed by atoms with Gasteiger partial charge in [0, 0.05) is 24.9 Å². The number of nitrogens with zero attached hydrogens (tertiary/aromatic N) is 1. The average molecular weight is 139 g/mol. The van der Waals surface area contributed by atoms with E-state index in [1.54, 1.807) is 6.92 Å². The van der Waals surface area contributed by atoms with Crippen LogP contribution in [0.3, 0.4) is 0 Å². The fourth-order valence-corrected chi connectivity index (χ4v) is 1.29. The fraction of sp³-hybridized carbons (Fsp3) is 0.625. The molecule has 0 aromatic heterocycles. The number of carbonyl (C=O) groups is 1. The van der Waals surface area contributed by atoms with Gasteiger partial charge in [-0.1, -0.05) is 0 Å². The van der Waals surface area contributed by atoms with Crippen LogP contribution in [-0.2, 0) is 4.79 Å². The molecule has 1 rings (SSSR count). The van der Waals surface area contributed by atoms with Crippen molar-refractivity contribution in [1.82, 2.24) is 4.90 Å². The molecule has 2 heteroatoms. The number of rotatable bonds is 1. The summed E-state index contributed by atoms with van der Waals surface area (Å²) in [7, 11) is 2.02. The minimum atomic E-state index is 0.224. The second kappa shape index (κ2) is 2.45. The minimum Gasteiger partial charge on any atom is -0.377 e.